The molecule has 0 aliphatic carbocycles. The van der Waals surface area contributed by atoms with E-state index in [9.17, 15) is 14.3 Å². The first-order valence-electron chi connectivity index (χ1n) is 6.07. The Morgan fingerprint density at radius 2 is 1.85 bits per heavy atom. The molecule has 0 fully saturated rings. The van der Waals surface area contributed by atoms with Crippen LogP contribution in [0.5, 0.6) is 0 Å². The van der Waals surface area contributed by atoms with Crippen molar-refractivity contribution >= 4 is 11.7 Å². The van der Waals surface area contributed by atoms with Crippen molar-refractivity contribution in [2.24, 2.45) is 0 Å². The highest BCUT2D eigenvalue weighted by atomic mass is 19.1. The van der Waals surface area contributed by atoms with Crippen LogP contribution in [-0.2, 0) is 0 Å². The van der Waals surface area contributed by atoms with Crippen molar-refractivity contribution < 1.29 is 19.4 Å². The van der Waals surface area contributed by atoms with Crippen LogP contribution in [0.25, 0.3) is 0 Å². The smallest absolute Gasteiger partial charge is 0.337 e. The van der Waals surface area contributed by atoms with Crippen LogP contribution in [0.1, 0.15) is 22.0 Å². The van der Waals surface area contributed by atoms with E-state index < -0.39 is 17.8 Å². The Morgan fingerprint density at radius 3 is 2.45 bits per heavy atom. The minimum atomic E-state index is -1.23. The van der Waals surface area contributed by atoms with Crippen molar-refractivity contribution in [1.29, 1.82) is 0 Å². The topological polar surface area (TPSA) is 69.6 Å². The van der Waals surface area contributed by atoms with Gasteiger partial charge in [-0.05, 0) is 17.7 Å². The number of carboxylic acids is 1. The van der Waals surface area contributed by atoms with Gasteiger partial charge in [-0.3, -0.25) is 0 Å². The maximum absolute atomic E-state index is 13.8. The first kappa shape index (κ1) is 14.0. The average Bonchev–Trinajstić information content (AvgIpc) is 2.46. The number of para-hydroxylation sites is 1. The van der Waals surface area contributed by atoms with Crippen molar-refractivity contribution in [1.82, 2.24) is 0 Å². The molecule has 1 atom stereocenters. The van der Waals surface area contributed by atoms with Gasteiger partial charge < -0.3 is 15.5 Å². The first-order valence-corrected chi connectivity index (χ1v) is 6.07. The molecule has 0 saturated carbocycles. The van der Waals surface area contributed by atoms with Crippen LogP contribution in [0, 0.1) is 5.82 Å². The van der Waals surface area contributed by atoms with Crippen LogP contribution in [0.15, 0.2) is 48.5 Å². The van der Waals surface area contributed by atoms with E-state index >= 15 is 0 Å². The number of nitrogens with one attached hydrogen (secondary N) is 1. The van der Waals surface area contributed by atoms with Crippen LogP contribution >= 0.6 is 0 Å². The second-order valence-corrected chi connectivity index (χ2v) is 4.26. The Bertz CT molecular complexity index is 601. The molecule has 0 aromatic heterocycles. The van der Waals surface area contributed by atoms with E-state index in [1.807, 2.05) is 6.07 Å². The molecule has 0 heterocycles. The van der Waals surface area contributed by atoms with E-state index in [-0.39, 0.29) is 17.9 Å². The lowest BCUT2D eigenvalue weighted by atomic mass is 10.1. The number of aromatic carboxylic acids is 1. The van der Waals surface area contributed by atoms with Gasteiger partial charge in [0.2, 0.25) is 0 Å². The van der Waals surface area contributed by atoms with Crippen LogP contribution in [0.3, 0.4) is 0 Å². The molecule has 4 nitrogen and oxygen atoms in total. The number of aliphatic hydroxyl groups is 1. The van der Waals surface area contributed by atoms with Gasteiger partial charge in [0.1, 0.15) is 5.82 Å². The second kappa shape index (κ2) is 6.16. The molecule has 0 saturated heterocycles. The number of halogens is 1. The molecular weight excluding hydrogens is 261 g/mol. The number of hydrogen-bond donors (Lipinski definition) is 3. The summed E-state index contributed by atoms with van der Waals surface area (Å²) in [4.78, 5) is 11.1. The summed E-state index contributed by atoms with van der Waals surface area (Å²) in [5.74, 6) is -1.89. The van der Waals surface area contributed by atoms with Crippen LogP contribution in [0.2, 0.25) is 0 Å². The number of rotatable bonds is 5. The number of benzene rings is 2. The quantitative estimate of drug-likeness (QED) is 0.784. The average molecular weight is 275 g/mol. The molecule has 20 heavy (non-hydrogen) atoms. The molecule has 0 aliphatic rings. The van der Waals surface area contributed by atoms with Crippen molar-refractivity contribution in [3.05, 3.63) is 65.5 Å². The van der Waals surface area contributed by atoms with Gasteiger partial charge in [-0.2, -0.15) is 0 Å². The lowest BCUT2D eigenvalue weighted by Crippen LogP contribution is -2.18. The van der Waals surface area contributed by atoms with Gasteiger partial charge in [-0.1, -0.05) is 36.4 Å². The fourth-order valence-corrected chi connectivity index (χ4v) is 1.94. The van der Waals surface area contributed by atoms with E-state index in [2.05, 4.69) is 5.32 Å². The minimum absolute atomic E-state index is 0.122. The van der Waals surface area contributed by atoms with Gasteiger partial charge in [-0.15, -0.1) is 0 Å². The number of hydrogen-bond acceptors (Lipinski definition) is 3. The third-order valence-electron chi connectivity index (χ3n) is 2.95. The fraction of sp³-hybridized carbons (Fsp3) is 0.133. The number of anilines is 1. The molecule has 0 amide bonds. The highest BCUT2D eigenvalue weighted by molar-refractivity contribution is 5.94. The maximum atomic E-state index is 13.8. The van der Waals surface area contributed by atoms with Crippen molar-refractivity contribution in [2.75, 3.05) is 11.9 Å². The third kappa shape index (κ3) is 2.95. The number of carbonyl (C=O) groups is 1. The van der Waals surface area contributed by atoms with E-state index in [0.29, 0.717) is 0 Å². The minimum Gasteiger partial charge on any atom is -0.478 e. The summed E-state index contributed by atoms with van der Waals surface area (Å²) in [6.07, 6.45) is 0. The molecule has 5 heteroatoms. The monoisotopic (exact) mass is 275 g/mol. The molecule has 0 bridgehead atoms. The molecule has 1 unspecified atom stereocenters. The zero-order valence-electron chi connectivity index (χ0n) is 10.6. The molecule has 3 N–H and O–H groups in total. The first-order chi connectivity index (χ1) is 9.63. The fourth-order valence-electron chi connectivity index (χ4n) is 1.94. The van der Waals surface area contributed by atoms with E-state index in [0.717, 1.165) is 5.56 Å². The zero-order valence-corrected chi connectivity index (χ0v) is 10.6. The normalized spacial score (nSPS) is 11.9. The van der Waals surface area contributed by atoms with Crippen molar-refractivity contribution in [3.8, 4) is 0 Å². The van der Waals surface area contributed by atoms with Gasteiger partial charge >= 0.3 is 5.97 Å². The number of aliphatic hydroxyl groups excluding tert-OH is 1. The SMILES string of the molecule is O=C(O)c1cccc(F)c1NC(CO)c1ccccc1. The summed E-state index contributed by atoms with van der Waals surface area (Å²) < 4.78 is 13.8. The lowest BCUT2D eigenvalue weighted by molar-refractivity contribution is 0.0697. The highest BCUT2D eigenvalue weighted by Gasteiger charge is 2.18. The zero-order chi connectivity index (χ0) is 14.5. The maximum Gasteiger partial charge on any atom is 0.337 e. The van der Waals surface area contributed by atoms with Gasteiger partial charge in [-0.25, -0.2) is 9.18 Å². The van der Waals surface area contributed by atoms with Crippen molar-refractivity contribution in [2.45, 2.75) is 6.04 Å². The number of carboxylic acid groups (broad SMARTS) is 1. The predicted molar refractivity (Wildman–Crippen MR) is 73.3 cm³/mol. The van der Waals surface area contributed by atoms with E-state index in [4.69, 9.17) is 5.11 Å². The molecular formula is C15H14FNO3. The predicted octanol–water partition coefficient (Wildman–Crippen LogP) is 2.67. The van der Waals surface area contributed by atoms with Crippen molar-refractivity contribution in [3.63, 3.8) is 0 Å². The Labute approximate surface area is 115 Å². The van der Waals surface area contributed by atoms with Crippen LogP contribution < -0.4 is 5.32 Å². The summed E-state index contributed by atoms with van der Waals surface area (Å²) in [6, 6.07) is 12.2. The molecule has 0 spiro atoms. The standard InChI is InChI=1S/C15H14FNO3/c16-12-8-4-7-11(15(19)20)14(12)17-13(9-18)10-5-2-1-3-6-10/h1-8,13,17-18H,9H2,(H,19,20). The molecule has 2 aromatic carbocycles. The van der Waals surface area contributed by atoms with Crippen LogP contribution in [-0.4, -0.2) is 22.8 Å². The Morgan fingerprint density at radius 1 is 1.15 bits per heavy atom. The van der Waals surface area contributed by atoms with Gasteiger partial charge in [0, 0.05) is 0 Å². The largest absolute Gasteiger partial charge is 0.478 e. The van der Waals surface area contributed by atoms with Gasteiger partial charge in [0.15, 0.2) is 0 Å². The Balaban J connectivity index is 2.35. The molecule has 2 rings (SSSR count). The summed E-state index contributed by atoms with van der Waals surface area (Å²) in [5, 5.41) is 21.3. The molecule has 104 valence electrons. The summed E-state index contributed by atoms with van der Waals surface area (Å²) in [5.41, 5.74) is 0.455. The van der Waals surface area contributed by atoms with Gasteiger partial charge in [0.25, 0.3) is 0 Å². The van der Waals surface area contributed by atoms with E-state index in [1.54, 1.807) is 24.3 Å². The van der Waals surface area contributed by atoms with Crippen LogP contribution in [0.4, 0.5) is 10.1 Å². The molecule has 0 radical (unpaired) electrons. The lowest BCUT2D eigenvalue weighted by Gasteiger charge is -2.19. The molecule has 0 aliphatic heterocycles. The Hall–Kier alpha value is -2.40. The third-order valence-corrected chi connectivity index (χ3v) is 2.95. The second-order valence-electron chi connectivity index (χ2n) is 4.26. The van der Waals surface area contributed by atoms with E-state index in [1.165, 1.54) is 18.2 Å². The summed E-state index contributed by atoms with van der Waals surface area (Å²) in [6.45, 7) is -0.280. The summed E-state index contributed by atoms with van der Waals surface area (Å²) >= 11 is 0. The highest BCUT2D eigenvalue weighted by Crippen LogP contribution is 2.25. The van der Waals surface area contributed by atoms with Gasteiger partial charge in [0.05, 0.1) is 23.9 Å². The Kier molecular flexibility index (Phi) is 4.32. The molecule has 2 aromatic rings. The summed E-state index contributed by atoms with van der Waals surface area (Å²) in [7, 11) is 0.